The monoisotopic (exact) mass is 254 g/mol. The van der Waals surface area contributed by atoms with E-state index in [2.05, 4.69) is 31.4 Å². The molecule has 17 heavy (non-hydrogen) atoms. The summed E-state index contributed by atoms with van der Waals surface area (Å²) in [5.74, 6) is 6.23. The van der Waals surface area contributed by atoms with Gasteiger partial charge in [0.25, 0.3) is 0 Å². The molecule has 0 radical (unpaired) electrons. The number of hydrogen-bond acceptors (Lipinski definition) is 4. The molecule has 1 aliphatic heterocycles. The summed E-state index contributed by atoms with van der Waals surface area (Å²) in [6, 6.07) is 4.79. The Morgan fingerprint density at radius 3 is 2.82 bits per heavy atom. The topological polar surface area (TPSA) is 47.3 Å². The molecule has 3 atom stereocenters. The van der Waals surface area contributed by atoms with E-state index in [0.29, 0.717) is 18.1 Å². The third-order valence-electron chi connectivity index (χ3n) is 3.50. The fraction of sp³-hybridized carbons (Fsp3) is 0.692. The zero-order valence-electron chi connectivity index (χ0n) is 10.6. The summed E-state index contributed by atoms with van der Waals surface area (Å²) in [7, 11) is 0. The molecule has 2 heterocycles. The summed E-state index contributed by atoms with van der Waals surface area (Å²) in [5, 5.41) is 0. The number of hydrogen-bond donors (Lipinski definition) is 2. The molecule has 96 valence electrons. The maximum Gasteiger partial charge on any atom is 0.0551 e. The first-order valence-corrected chi connectivity index (χ1v) is 7.20. The van der Waals surface area contributed by atoms with Crippen LogP contribution in [0.4, 0.5) is 0 Å². The van der Waals surface area contributed by atoms with E-state index in [9.17, 15) is 0 Å². The molecule has 0 aromatic carbocycles. The van der Waals surface area contributed by atoms with E-state index in [4.69, 9.17) is 10.6 Å². The highest BCUT2D eigenvalue weighted by Crippen LogP contribution is 2.26. The lowest BCUT2D eigenvalue weighted by molar-refractivity contribution is 0.117. The Kier molecular flexibility index (Phi) is 4.56. The Labute approximate surface area is 107 Å². The molecule has 0 spiro atoms. The number of nitrogens with one attached hydrogen (secondary N) is 1. The standard InChI is InChI=1S/C13H22N2OS/c1-3-11-4-5-12(17-11)7-13(15-14)10-6-9(2)16-8-10/h4-5,9-10,13,15H,3,6-8,14H2,1-2H3. The van der Waals surface area contributed by atoms with Gasteiger partial charge in [0.05, 0.1) is 12.7 Å². The summed E-state index contributed by atoms with van der Waals surface area (Å²) in [6.45, 7) is 5.16. The molecule has 1 saturated heterocycles. The predicted molar refractivity (Wildman–Crippen MR) is 72.0 cm³/mol. The smallest absolute Gasteiger partial charge is 0.0551 e. The number of aryl methyl sites for hydroxylation is 1. The Hall–Kier alpha value is -0.420. The van der Waals surface area contributed by atoms with Gasteiger partial charge in [-0.3, -0.25) is 11.3 Å². The van der Waals surface area contributed by atoms with Gasteiger partial charge in [0.1, 0.15) is 0 Å². The average Bonchev–Trinajstić information content (AvgIpc) is 2.94. The van der Waals surface area contributed by atoms with Crippen LogP contribution < -0.4 is 11.3 Å². The van der Waals surface area contributed by atoms with Crippen molar-refractivity contribution in [3.63, 3.8) is 0 Å². The summed E-state index contributed by atoms with van der Waals surface area (Å²) >= 11 is 1.90. The molecular formula is C13H22N2OS. The van der Waals surface area contributed by atoms with Crippen LogP contribution in [0.5, 0.6) is 0 Å². The van der Waals surface area contributed by atoms with Crippen LogP contribution in [-0.4, -0.2) is 18.8 Å². The maximum atomic E-state index is 5.68. The minimum absolute atomic E-state index is 0.336. The molecule has 0 aliphatic carbocycles. The predicted octanol–water partition coefficient (Wildman–Crippen LogP) is 2.11. The number of hydrazine groups is 1. The first-order valence-electron chi connectivity index (χ1n) is 6.38. The molecule has 0 bridgehead atoms. The summed E-state index contributed by atoms with van der Waals surface area (Å²) < 4.78 is 5.62. The van der Waals surface area contributed by atoms with Crippen molar-refractivity contribution in [1.29, 1.82) is 0 Å². The van der Waals surface area contributed by atoms with Gasteiger partial charge < -0.3 is 4.74 Å². The van der Waals surface area contributed by atoms with Gasteiger partial charge in [0.15, 0.2) is 0 Å². The van der Waals surface area contributed by atoms with Crippen LogP contribution in [0.25, 0.3) is 0 Å². The highest BCUT2D eigenvalue weighted by molar-refractivity contribution is 7.11. The number of thiophene rings is 1. The highest BCUT2D eigenvalue weighted by Gasteiger charge is 2.29. The van der Waals surface area contributed by atoms with E-state index in [0.717, 1.165) is 25.9 Å². The summed E-state index contributed by atoms with van der Waals surface area (Å²) in [6.07, 6.45) is 3.63. The van der Waals surface area contributed by atoms with Crippen molar-refractivity contribution >= 4 is 11.3 Å². The van der Waals surface area contributed by atoms with Crippen LogP contribution in [0.3, 0.4) is 0 Å². The van der Waals surface area contributed by atoms with Gasteiger partial charge in [-0.2, -0.15) is 0 Å². The fourth-order valence-corrected chi connectivity index (χ4v) is 3.45. The van der Waals surface area contributed by atoms with Crippen LogP contribution in [0.1, 0.15) is 30.0 Å². The normalized spacial score (nSPS) is 26.3. The van der Waals surface area contributed by atoms with Crippen molar-refractivity contribution in [2.75, 3.05) is 6.61 Å². The lowest BCUT2D eigenvalue weighted by Gasteiger charge is -2.20. The SMILES string of the molecule is CCc1ccc(CC(NN)C2COC(C)C2)s1. The molecule has 1 aromatic heterocycles. The number of nitrogens with two attached hydrogens (primary N) is 1. The maximum absolute atomic E-state index is 5.68. The molecule has 4 heteroatoms. The van der Waals surface area contributed by atoms with Crippen LogP contribution in [0.2, 0.25) is 0 Å². The van der Waals surface area contributed by atoms with E-state index in [1.165, 1.54) is 9.75 Å². The lowest BCUT2D eigenvalue weighted by Crippen LogP contribution is -2.42. The van der Waals surface area contributed by atoms with Gasteiger partial charge in [-0.1, -0.05) is 6.92 Å². The minimum Gasteiger partial charge on any atom is -0.378 e. The number of ether oxygens (including phenoxy) is 1. The second kappa shape index (κ2) is 5.96. The van der Waals surface area contributed by atoms with Crippen molar-refractivity contribution in [3.8, 4) is 0 Å². The molecule has 3 unspecified atom stereocenters. The lowest BCUT2D eigenvalue weighted by atomic mass is 9.94. The van der Waals surface area contributed by atoms with Gasteiger partial charge >= 0.3 is 0 Å². The minimum atomic E-state index is 0.336. The van der Waals surface area contributed by atoms with Crippen molar-refractivity contribution in [1.82, 2.24) is 5.43 Å². The van der Waals surface area contributed by atoms with Gasteiger partial charge in [0, 0.05) is 21.7 Å². The Morgan fingerprint density at radius 1 is 1.53 bits per heavy atom. The molecule has 1 aromatic rings. The van der Waals surface area contributed by atoms with Crippen molar-refractivity contribution in [2.24, 2.45) is 11.8 Å². The third kappa shape index (κ3) is 3.28. The Bertz CT molecular complexity index is 353. The molecule has 2 rings (SSSR count). The van der Waals surface area contributed by atoms with Crippen molar-refractivity contribution in [2.45, 2.75) is 45.3 Å². The van der Waals surface area contributed by atoms with Crippen molar-refractivity contribution in [3.05, 3.63) is 21.9 Å². The average molecular weight is 254 g/mol. The van der Waals surface area contributed by atoms with Crippen molar-refractivity contribution < 1.29 is 4.74 Å². The van der Waals surface area contributed by atoms with E-state index < -0.39 is 0 Å². The number of rotatable bonds is 5. The quantitative estimate of drug-likeness (QED) is 0.625. The second-order valence-corrected chi connectivity index (χ2v) is 6.09. The molecule has 1 aliphatic rings. The summed E-state index contributed by atoms with van der Waals surface area (Å²) in [4.78, 5) is 2.87. The highest BCUT2D eigenvalue weighted by atomic mass is 32.1. The first kappa shape index (κ1) is 13.0. The molecule has 0 saturated carbocycles. The zero-order chi connectivity index (χ0) is 12.3. The van der Waals surface area contributed by atoms with Gasteiger partial charge in [-0.25, -0.2) is 0 Å². The Morgan fingerprint density at radius 2 is 2.29 bits per heavy atom. The molecule has 0 amide bonds. The molecule has 3 N–H and O–H groups in total. The Balaban J connectivity index is 1.95. The molecule has 3 nitrogen and oxygen atoms in total. The largest absolute Gasteiger partial charge is 0.378 e. The first-order chi connectivity index (χ1) is 8.22. The second-order valence-electron chi connectivity index (χ2n) is 4.84. The van der Waals surface area contributed by atoms with Gasteiger partial charge in [-0.15, -0.1) is 11.3 Å². The van der Waals surface area contributed by atoms with Crippen LogP contribution in [0.15, 0.2) is 12.1 Å². The molecular weight excluding hydrogens is 232 g/mol. The zero-order valence-corrected chi connectivity index (χ0v) is 11.4. The van der Waals surface area contributed by atoms with Crippen LogP contribution >= 0.6 is 11.3 Å². The third-order valence-corrected chi connectivity index (χ3v) is 4.75. The van der Waals surface area contributed by atoms with E-state index >= 15 is 0 Å². The fourth-order valence-electron chi connectivity index (χ4n) is 2.43. The van der Waals surface area contributed by atoms with E-state index in [-0.39, 0.29) is 0 Å². The van der Waals surface area contributed by atoms with E-state index in [1.54, 1.807) is 0 Å². The van der Waals surface area contributed by atoms with Gasteiger partial charge in [0.2, 0.25) is 0 Å². The van der Waals surface area contributed by atoms with Gasteiger partial charge in [-0.05, 0) is 38.3 Å². The summed E-state index contributed by atoms with van der Waals surface area (Å²) in [5.41, 5.74) is 2.97. The molecule has 1 fully saturated rings. The van der Waals surface area contributed by atoms with E-state index in [1.807, 2.05) is 11.3 Å². The van der Waals surface area contributed by atoms with Crippen LogP contribution in [0, 0.1) is 5.92 Å². The van der Waals surface area contributed by atoms with Crippen LogP contribution in [-0.2, 0) is 17.6 Å².